The minimum absolute atomic E-state index is 0.00513. The molecule has 7 nitrogen and oxygen atoms in total. The van der Waals surface area contributed by atoms with Gasteiger partial charge in [0.05, 0.1) is 0 Å². The van der Waals surface area contributed by atoms with Gasteiger partial charge in [0.25, 0.3) is 5.91 Å². The summed E-state index contributed by atoms with van der Waals surface area (Å²) in [4.78, 5) is 27.4. The molecule has 0 spiro atoms. The van der Waals surface area contributed by atoms with Crippen LogP contribution < -0.4 is 15.5 Å². The van der Waals surface area contributed by atoms with E-state index in [1.54, 1.807) is 18.2 Å². The fraction of sp³-hybridized carbons (Fsp3) is 0.100. The molecule has 0 fully saturated rings. The summed E-state index contributed by atoms with van der Waals surface area (Å²) < 4.78 is 19.3. The number of nitrogens with zero attached hydrogens (tertiary/aromatic N) is 2. The molecule has 152 valence electrons. The first-order chi connectivity index (χ1) is 14.6. The van der Waals surface area contributed by atoms with Crippen molar-refractivity contribution in [2.75, 3.05) is 11.9 Å². The summed E-state index contributed by atoms with van der Waals surface area (Å²) in [5.41, 5.74) is 1.50. The number of H-pyrrole nitrogens is 1. The van der Waals surface area contributed by atoms with Crippen molar-refractivity contribution in [3.05, 3.63) is 76.3 Å². The number of thioether (sulfide) groups is 1. The van der Waals surface area contributed by atoms with E-state index in [-0.39, 0.29) is 17.8 Å². The summed E-state index contributed by atoms with van der Waals surface area (Å²) in [5.74, 6) is -0.499. The van der Waals surface area contributed by atoms with Crippen LogP contribution in [0.25, 0.3) is 10.9 Å². The van der Waals surface area contributed by atoms with Gasteiger partial charge >= 0.3 is 0 Å². The van der Waals surface area contributed by atoms with Gasteiger partial charge in [0.2, 0.25) is 5.13 Å². The van der Waals surface area contributed by atoms with Gasteiger partial charge in [-0.3, -0.25) is 14.9 Å². The molecule has 4 rings (SSSR count). The molecule has 0 unspecified atom stereocenters. The number of para-hydroxylation sites is 2. The lowest BCUT2D eigenvalue weighted by molar-refractivity contribution is -0.118. The highest BCUT2D eigenvalue weighted by Gasteiger charge is 2.11. The molecule has 0 saturated carbocycles. The van der Waals surface area contributed by atoms with Gasteiger partial charge in [0, 0.05) is 28.4 Å². The van der Waals surface area contributed by atoms with Crippen molar-refractivity contribution < 1.29 is 13.9 Å². The third-order valence-electron chi connectivity index (χ3n) is 3.99. The zero-order chi connectivity index (χ0) is 20.9. The van der Waals surface area contributed by atoms with Crippen LogP contribution >= 0.6 is 23.1 Å². The summed E-state index contributed by atoms with van der Waals surface area (Å²) in [6.07, 6.45) is 0. The Balaban J connectivity index is 1.32. The van der Waals surface area contributed by atoms with Gasteiger partial charge in [-0.1, -0.05) is 47.4 Å². The first-order valence-corrected chi connectivity index (χ1v) is 10.6. The molecule has 2 heterocycles. The largest absolute Gasteiger partial charge is 0.481 e. The van der Waals surface area contributed by atoms with E-state index in [4.69, 9.17) is 4.74 Å². The van der Waals surface area contributed by atoms with Crippen molar-refractivity contribution in [1.82, 2.24) is 15.2 Å². The first-order valence-electron chi connectivity index (χ1n) is 8.83. The van der Waals surface area contributed by atoms with Crippen LogP contribution in [-0.2, 0) is 10.5 Å². The monoisotopic (exact) mass is 442 g/mol. The number of amides is 1. The van der Waals surface area contributed by atoms with Crippen LogP contribution in [0.3, 0.4) is 0 Å². The Labute approximate surface area is 178 Å². The Kier molecular flexibility index (Phi) is 6.05. The number of halogens is 1. The molecule has 1 amide bonds. The van der Waals surface area contributed by atoms with E-state index in [9.17, 15) is 14.0 Å². The summed E-state index contributed by atoms with van der Waals surface area (Å²) >= 11 is 2.59. The smallest absolute Gasteiger partial charge is 0.264 e. The lowest BCUT2D eigenvalue weighted by Gasteiger charge is -2.06. The molecule has 0 aliphatic rings. The van der Waals surface area contributed by atoms with Crippen LogP contribution in [0.2, 0.25) is 0 Å². The van der Waals surface area contributed by atoms with Gasteiger partial charge in [-0.05, 0) is 24.3 Å². The Morgan fingerprint density at radius 1 is 1.17 bits per heavy atom. The second-order valence-corrected chi connectivity index (χ2v) is 8.33. The predicted molar refractivity (Wildman–Crippen MR) is 115 cm³/mol. The Morgan fingerprint density at radius 2 is 1.97 bits per heavy atom. The van der Waals surface area contributed by atoms with Crippen molar-refractivity contribution in [2.45, 2.75) is 10.1 Å². The highest BCUT2D eigenvalue weighted by atomic mass is 32.2. The molecule has 4 aromatic rings. The second kappa shape index (κ2) is 9.06. The maximum absolute atomic E-state index is 13.5. The number of nitrogens with one attached hydrogen (secondary N) is 2. The van der Waals surface area contributed by atoms with E-state index >= 15 is 0 Å². The molecule has 10 heteroatoms. The molecule has 0 saturated heterocycles. The topological polar surface area (TPSA) is 97.0 Å². The maximum atomic E-state index is 13.5. The summed E-state index contributed by atoms with van der Waals surface area (Å²) in [6.45, 7) is -0.346. The number of aromatic amines is 1. The fourth-order valence-electron chi connectivity index (χ4n) is 2.65. The molecule has 0 bridgehead atoms. The van der Waals surface area contributed by atoms with E-state index < -0.39 is 11.7 Å². The molecule has 30 heavy (non-hydrogen) atoms. The third kappa shape index (κ3) is 4.84. The molecule has 0 aliphatic heterocycles. The van der Waals surface area contributed by atoms with Gasteiger partial charge in [-0.15, -0.1) is 10.2 Å². The standard InChI is InChI=1S/C20H15FN4O3S2/c21-14-6-2-4-8-17(14)28-10-18(27)23-19-24-25-20(30-19)29-11-12-9-16(26)13-5-1-3-7-15(13)22-12/h1-9H,10-11H2,(H,22,26)(H,23,24,27). The molecule has 2 aromatic heterocycles. The number of rotatable bonds is 7. The number of hydrogen-bond donors (Lipinski definition) is 2. The highest BCUT2D eigenvalue weighted by molar-refractivity contribution is 8.00. The molecule has 2 aromatic carbocycles. The number of benzene rings is 2. The van der Waals surface area contributed by atoms with Crippen LogP contribution in [0.15, 0.2) is 63.7 Å². The van der Waals surface area contributed by atoms with E-state index in [0.29, 0.717) is 20.6 Å². The lowest BCUT2D eigenvalue weighted by Crippen LogP contribution is -2.20. The van der Waals surface area contributed by atoms with Gasteiger partial charge in [-0.2, -0.15) is 0 Å². The zero-order valence-corrected chi connectivity index (χ0v) is 17.1. The number of pyridine rings is 1. The van der Waals surface area contributed by atoms with Crippen LogP contribution in [-0.4, -0.2) is 27.7 Å². The second-order valence-electron chi connectivity index (χ2n) is 6.13. The highest BCUT2D eigenvalue weighted by Crippen LogP contribution is 2.28. The summed E-state index contributed by atoms with van der Waals surface area (Å²) in [6, 6.07) is 14.7. The average molecular weight is 442 g/mol. The molecule has 2 N–H and O–H groups in total. The number of fused-ring (bicyclic) bond motifs is 1. The van der Waals surface area contributed by atoms with Gasteiger partial charge in [-0.25, -0.2) is 4.39 Å². The van der Waals surface area contributed by atoms with Crippen molar-refractivity contribution in [3.63, 3.8) is 0 Å². The average Bonchev–Trinajstić information content (AvgIpc) is 3.19. The summed E-state index contributed by atoms with van der Waals surface area (Å²) in [5, 5.41) is 11.5. The SMILES string of the molecule is O=C(COc1ccccc1F)Nc1nnc(SCc2cc(=O)c3ccccc3[nH]2)s1. The van der Waals surface area contributed by atoms with E-state index in [1.807, 2.05) is 18.2 Å². The van der Waals surface area contributed by atoms with Gasteiger partial charge in [0.1, 0.15) is 0 Å². The number of hydrogen-bond acceptors (Lipinski definition) is 7. The Hall–Kier alpha value is -3.24. The molecule has 0 atom stereocenters. The first kappa shape index (κ1) is 20.0. The fourth-order valence-corrected chi connectivity index (χ4v) is 4.32. The number of aromatic nitrogens is 3. The number of carbonyl (C=O) groups is 1. The van der Waals surface area contributed by atoms with Crippen LogP contribution in [0.4, 0.5) is 9.52 Å². The predicted octanol–water partition coefficient (Wildman–Crippen LogP) is 3.83. The molecular weight excluding hydrogens is 427 g/mol. The summed E-state index contributed by atoms with van der Waals surface area (Å²) in [7, 11) is 0. The normalized spacial score (nSPS) is 10.8. The van der Waals surface area contributed by atoms with Crippen molar-refractivity contribution >= 4 is 45.0 Å². The van der Waals surface area contributed by atoms with E-state index in [2.05, 4.69) is 20.5 Å². The van der Waals surface area contributed by atoms with Crippen molar-refractivity contribution in [1.29, 1.82) is 0 Å². The number of anilines is 1. The van der Waals surface area contributed by atoms with Crippen molar-refractivity contribution in [3.8, 4) is 5.75 Å². The van der Waals surface area contributed by atoms with Crippen molar-refractivity contribution in [2.24, 2.45) is 0 Å². The van der Waals surface area contributed by atoms with E-state index in [0.717, 1.165) is 11.2 Å². The van der Waals surface area contributed by atoms with Crippen LogP contribution in [0, 0.1) is 5.82 Å². The zero-order valence-electron chi connectivity index (χ0n) is 15.4. The Bertz CT molecular complexity index is 1260. The number of carbonyl (C=O) groups excluding carboxylic acids is 1. The minimum Gasteiger partial charge on any atom is -0.481 e. The Morgan fingerprint density at radius 3 is 2.83 bits per heavy atom. The number of ether oxygens (including phenoxy) is 1. The molecule has 0 radical (unpaired) electrons. The molecule has 0 aliphatic carbocycles. The van der Waals surface area contributed by atoms with Gasteiger partial charge in [0.15, 0.2) is 27.9 Å². The van der Waals surface area contributed by atoms with Crippen LogP contribution in [0.5, 0.6) is 5.75 Å². The quantitative estimate of drug-likeness (QED) is 0.334. The van der Waals surface area contributed by atoms with Gasteiger partial charge < -0.3 is 9.72 Å². The van der Waals surface area contributed by atoms with E-state index in [1.165, 1.54) is 41.3 Å². The minimum atomic E-state index is -0.536. The maximum Gasteiger partial charge on any atom is 0.264 e. The molecular formula is C20H15FN4O3S2. The van der Waals surface area contributed by atoms with Crippen LogP contribution in [0.1, 0.15) is 5.69 Å². The third-order valence-corrected chi connectivity index (χ3v) is 6.01. The lowest BCUT2D eigenvalue weighted by atomic mass is 10.2.